The lowest BCUT2D eigenvalue weighted by atomic mass is 10.1. The van der Waals surface area contributed by atoms with Crippen LogP contribution in [0.5, 0.6) is 11.5 Å². The van der Waals surface area contributed by atoms with Gasteiger partial charge in [-0.3, -0.25) is 14.7 Å². The smallest absolute Gasteiger partial charge is 0.317 e. The Balaban J connectivity index is 2.16. The predicted octanol–water partition coefficient (Wildman–Crippen LogP) is 2.97. The van der Waals surface area contributed by atoms with Crippen molar-refractivity contribution in [3.8, 4) is 11.5 Å². The molecule has 0 bridgehead atoms. The zero-order valence-corrected chi connectivity index (χ0v) is 14.6. The van der Waals surface area contributed by atoms with Gasteiger partial charge >= 0.3 is 5.97 Å². The summed E-state index contributed by atoms with van der Waals surface area (Å²) in [7, 11) is 1.61. The number of rotatable bonds is 10. The molecule has 0 aliphatic carbocycles. The van der Waals surface area contributed by atoms with E-state index < -0.39 is 5.97 Å². The van der Waals surface area contributed by atoms with E-state index >= 15 is 0 Å². The van der Waals surface area contributed by atoms with Gasteiger partial charge in [0.15, 0.2) is 0 Å². The number of carboxylic acids is 1. The van der Waals surface area contributed by atoms with Crippen LogP contribution >= 0.6 is 0 Å². The van der Waals surface area contributed by atoms with Gasteiger partial charge in [-0.05, 0) is 43.3 Å². The van der Waals surface area contributed by atoms with Crippen LogP contribution in [0.25, 0.3) is 0 Å². The summed E-state index contributed by atoms with van der Waals surface area (Å²) in [5.41, 5.74) is 1.73. The summed E-state index contributed by atoms with van der Waals surface area (Å²) in [6.07, 6.45) is 2.60. The molecule has 0 spiro atoms. The number of aromatic nitrogens is 1. The van der Waals surface area contributed by atoms with Gasteiger partial charge in [-0.1, -0.05) is 13.0 Å². The van der Waals surface area contributed by atoms with E-state index in [1.165, 1.54) is 0 Å². The summed E-state index contributed by atoms with van der Waals surface area (Å²) in [5, 5.41) is 9.10. The van der Waals surface area contributed by atoms with Gasteiger partial charge in [0.2, 0.25) is 0 Å². The van der Waals surface area contributed by atoms with Crippen molar-refractivity contribution in [2.45, 2.75) is 26.5 Å². The minimum absolute atomic E-state index is 0.00920. The SMILES string of the molecule is CCCN(CC(=O)O)Cc1cc(OC)ccc1OCc1ccccn1. The molecule has 0 radical (unpaired) electrons. The lowest BCUT2D eigenvalue weighted by Crippen LogP contribution is -2.30. The second-order valence-corrected chi connectivity index (χ2v) is 5.69. The average Bonchev–Trinajstić information content (AvgIpc) is 2.61. The number of benzene rings is 1. The number of pyridine rings is 1. The molecule has 1 N–H and O–H groups in total. The minimum Gasteiger partial charge on any atom is -0.497 e. The van der Waals surface area contributed by atoms with E-state index in [4.69, 9.17) is 14.6 Å². The Hall–Kier alpha value is -2.60. The molecule has 25 heavy (non-hydrogen) atoms. The Kier molecular flexibility index (Phi) is 7.22. The van der Waals surface area contributed by atoms with E-state index in [1.807, 2.05) is 48.2 Å². The maximum atomic E-state index is 11.1. The van der Waals surface area contributed by atoms with Crippen LogP contribution in [0.4, 0.5) is 0 Å². The molecule has 6 nitrogen and oxygen atoms in total. The van der Waals surface area contributed by atoms with Gasteiger partial charge in [0, 0.05) is 18.3 Å². The molecule has 0 fully saturated rings. The molecule has 1 aromatic carbocycles. The fraction of sp³-hybridized carbons (Fsp3) is 0.368. The Morgan fingerprint density at radius 3 is 2.76 bits per heavy atom. The third-order valence-electron chi connectivity index (χ3n) is 3.66. The number of aliphatic carboxylic acids is 1. The maximum Gasteiger partial charge on any atom is 0.317 e. The molecule has 0 amide bonds. The lowest BCUT2D eigenvalue weighted by molar-refractivity contribution is -0.138. The molecule has 0 aliphatic heterocycles. The van der Waals surface area contributed by atoms with Crippen LogP contribution in [0.1, 0.15) is 24.6 Å². The first-order chi connectivity index (χ1) is 12.1. The molecule has 2 aromatic rings. The fourth-order valence-electron chi connectivity index (χ4n) is 2.54. The van der Waals surface area contributed by atoms with Crippen molar-refractivity contribution in [1.82, 2.24) is 9.88 Å². The first-order valence-corrected chi connectivity index (χ1v) is 8.26. The Morgan fingerprint density at radius 2 is 2.12 bits per heavy atom. The highest BCUT2D eigenvalue weighted by molar-refractivity contribution is 5.69. The van der Waals surface area contributed by atoms with Gasteiger partial charge in [-0.15, -0.1) is 0 Å². The van der Waals surface area contributed by atoms with E-state index in [0.29, 0.717) is 31.2 Å². The third kappa shape index (κ3) is 6.08. The molecule has 1 aromatic heterocycles. The normalized spacial score (nSPS) is 10.7. The third-order valence-corrected chi connectivity index (χ3v) is 3.66. The van der Waals surface area contributed by atoms with Crippen LogP contribution in [0.15, 0.2) is 42.6 Å². The number of hydrogen-bond acceptors (Lipinski definition) is 5. The van der Waals surface area contributed by atoms with E-state index in [1.54, 1.807) is 13.3 Å². The number of nitrogens with zero attached hydrogens (tertiary/aromatic N) is 2. The minimum atomic E-state index is -0.840. The first-order valence-electron chi connectivity index (χ1n) is 8.26. The van der Waals surface area contributed by atoms with Crippen LogP contribution in [0.3, 0.4) is 0 Å². The maximum absolute atomic E-state index is 11.1. The Morgan fingerprint density at radius 1 is 1.28 bits per heavy atom. The van der Waals surface area contributed by atoms with Crippen molar-refractivity contribution in [2.24, 2.45) is 0 Å². The summed E-state index contributed by atoms with van der Waals surface area (Å²) in [4.78, 5) is 17.2. The lowest BCUT2D eigenvalue weighted by Gasteiger charge is -2.21. The average molecular weight is 344 g/mol. The molecular formula is C19H24N2O4. The fourth-order valence-corrected chi connectivity index (χ4v) is 2.54. The molecule has 0 atom stereocenters. The molecule has 134 valence electrons. The van der Waals surface area contributed by atoms with Crippen molar-refractivity contribution >= 4 is 5.97 Å². The molecule has 2 rings (SSSR count). The van der Waals surface area contributed by atoms with E-state index in [9.17, 15) is 4.79 Å². The van der Waals surface area contributed by atoms with Crippen LogP contribution in [-0.2, 0) is 17.9 Å². The van der Waals surface area contributed by atoms with Gasteiger partial charge in [-0.25, -0.2) is 0 Å². The van der Waals surface area contributed by atoms with E-state index in [2.05, 4.69) is 4.98 Å². The van der Waals surface area contributed by atoms with E-state index in [-0.39, 0.29) is 6.54 Å². The molecule has 0 unspecified atom stereocenters. The van der Waals surface area contributed by atoms with E-state index in [0.717, 1.165) is 17.7 Å². The number of hydrogen-bond donors (Lipinski definition) is 1. The standard InChI is InChI=1S/C19H24N2O4/c1-3-10-21(13-19(22)23)12-15-11-17(24-2)7-8-18(15)25-14-16-6-4-5-9-20-16/h4-9,11H,3,10,12-14H2,1-2H3,(H,22,23). The summed E-state index contributed by atoms with van der Waals surface area (Å²) in [5.74, 6) is 0.581. The molecule has 1 heterocycles. The molecule has 6 heteroatoms. The van der Waals surface area contributed by atoms with Crippen molar-refractivity contribution in [3.05, 3.63) is 53.9 Å². The number of ether oxygens (including phenoxy) is 2. The monoisotopic (exact) mass is 344 g/mol. The highest BCUT2D eigenvalue weighted by Crippen LogP contribution is 2.26. The van der Waals surface area contributed by atoms with Crippen molar-refractivity contribution in [2.75, 3.05) is 20.2 Å². The van der Waals surface area contributed by atoms with Crippen molar-refractivity contribution in [3.63, 3.8) is 0 Å². The van der Waals surface area contributed by atoms with Crippen molar-refractivity contribution in [1.29, 1.82) is 0 Å². The second-order valence-electron chi connectivity index (χ2n) is 5.69. The summed E-state index contributed by atoms with van der Waals surface area (Å²) in [6, 6.07) is 11.2. The highest BCUT2D eigenvalue weighted by atomic mass is 16.5. The predicted molar refractivity (Wildman–Crippen MR) is 94.8 cm³/mol. The highest BCUT2D eigenvalue weighted by Gasteiger charge is 2.14. The quantitative estimate of drug-likeness (QED) is 0.714. The van der Waals surface area contributed by atoms with Crippen LogP contribution < -0.4 is 9.47 Å². The summed E-state index contributed by atoms with van der Waals surface area (Å²) >= 11 is 0. The largest absolute Gasteiger partial charge is 0.497 e. The number of carboxylic acid groups (broad SMARTS) is 1. The number of methoxy groups -OCH3 is 1. The number of carbonyl (C=O) groups is 1. The van der Waals surface area contributed by atoms with Crippen LogP contribution in [0.2, 0.25) is 0 Å². The van der Waals surface area contributed by atoms with Gasteiger partial charge < -0.3 is 14.6 Å². The molecular weight excluding hydrogens is 320 g/mol. The first kappa shape index (κ1) is 18.7. The topological polar surface area (TPSA) is 71.9 Å². The zero-order valence-electron chi connectivity index (χ0n) is 14.6. The van der Waals surface area contributed by atoms with Crippen LogP contribution in [0, 0.1) is 0 Å². The van der Waals surface area contributed by atoms with Crippen molar-refractivity contribution < 1.29 is 19.4 Å². The van der Waals surface area contributed by atoms with Gasteiger partial charge in [0.1, 0.15) is 18.1 Å². The molecule has 0 saturated carbocycles. The second kappa shape index (κ2) is 9.64. The summed E-state index contributed by atoms with van der Waals surface area (Å²) in [6.45, 7) is 3.55. The van der Waals surface area contributed by atoms with Crippen LogP contribution in [-0.4, -0.2) is 41.2 Å². The van der Waals surface area contributed by atoms with Gasteiger partial charge in [-0.2, -0.15) is 0 Å². The molecule has 0 saturated heterocycles. The zero-order chi connectivity index (χ0) is 18.1. The summed E-state index contributed by atoms with van der Waals surface area (Å²) < 4.78 is 11.2. The Bertz CT molecular complexity index is 676. The Labute approximate surface area is 148 Å². The van der Waals surface area contributed by atoms with Gasteiger partial charge in [0.05, 0.1) is 19.3 Å². The molecule has 0 aliphatic rings. The van der Waals surface area contributed by atoms with Gasteiger partial charge in [0.25, 0.3) is 0 Å².